The van der Waals surface area contributed by atoms with E-state index in [4.69, 9.17) is 9.15 Å². The summed E-state index contributed by atoms with van der Waals surface area (Å²) >= 11 is 0. The number of nitrogens with zero attached hydrogens (tertiary/aromatic N) is 2. The van der Waals surface area contributed by atoms with Crippen LogP contribution in [-0.2, 0) is 9.59 Å². The Morgan fingerprint density at radius 2 is 2.03 bits per heavy atom. The standard InChI is InChI=1S/C24H25N3O4/c1-14-17-8-6-7-9-18(17)30-21(14)15(2)27(5)20(28)11-10-16-12-19-22(25-13-16)26-23(29)24(3,4)31-19/h6-13,15H,1-5H3,(H,25,26,29)/b11-10+. The molecule has 1 aliphatic rings. The molecule has 1 N–H and O–H groups in total. The molecule has 7 heteroatoms. The minimum absolute atomic E-state index is 0.167. The molecule has 4 rings (SSSR count). The molecule has 0 aliphatic carbocycles. The third kappa shape index (κ3) is 3.79. The van der Waals surface area contributed by atoms with Gasteiger partial charge < -0.3 is 19.4 Å². The van der Waals surface area contributed by atoms with Crippen LogP contribution in [0.25, 0.3) is 17.0 Å². The van der Waals surface area contributed by atoms with E-state index in [-0.39, 0.29) is 17.9 Å². The zero-order valence-corrected chi connectivity index (χ0v) is 18.2. The second-order valence-corrected chi connectivity index (χ2v) is 8.23. The Kier molecular flexibility index (Phi) is 5.05. The summed E-state index contributed by atoms with van der Waals surface area (Å²) in [6, 6.07) is 9.36. The van der Waals surface area contributed by atoms with Gasteiger partial charge in [0.1, 0.15) is 11.3 Å². The normalized spacial score (nSPS) is 16.0. The number of rotatable bonds is 4. The van der Waals surface area contributed by atoms with E-state index in [2.05, 4.69) is 10.3 Å². The number of carbonyl (C=O) groups is 2. The fourth-order valence-electron chi connectivity index (χ4n) is 3.55. The van der Waals surface area contributed by atoms with Gasteiger partial charge in [-0.2, -0.15) is 0 Å². The summed E-state index contributed by atoms with van der Waals surface area (Å²) in [5.41, 5.74) is 1.56. The van der Waals surface area contributed by atoms with Gasteiger partial charge in [0.05, 0.1) is 6.04 Å². The van der Waals surface area contributed by atoms with E-state index in [1.54, 1.807) is 44.1 Å². The maximum absolute atomic E-state index is 12.8. The third-order valence-electron chi connectivity index (χ3n) is 5.62. The van der Waals surface area contributed by atoms with Crippen molar-refractivity contribution in [2.45, 2.75) is 39.3 Å². The van der Waals surface area contributed by atoms with Crippen molar-refractivity contribution in [2.75, 3.05) is 12.4 Å². The predicted molar refractivity (Wildman–Crippen MR) is 119 cm³/mol. The molecule has 0 saturated heterocycles. The van der Waals surface area contributed by atoms with Crippen LogP contribution in [0.2, 0.25) is 0 Å². The van der Waals surface area contributed by atoms with Crippen LogP contribution in [0.4, 0.5) is 5.82 Å². The number of pyridine rings is 1. The number of para-hydroxylation sites is 1. The molecular formula is C24H25N3O4. The van der Waals surface area contributed by atoms with Crippen molar-refractivity contribution in [3.63, 3.8) is 0 Å². The zero-order valence-electron chi connectivity index (χ0n) is 18.2. The molecule has 1 atom stereocenters. The van der Waals surface area contributed by atoms with E-state index in [1.165, 1.54) is 6.08 Å². The van der Waals surface area contributed by atoms with Crippen molar-refractivity contribution in [1.82, 2.24) is 9.88 Å². The maximum Gasteiger partial charge on any atom is 0.269 e. The van der Waals surface area contributed by atoms with Crippen molar-refractivity contribution in [1.29, 1.82) is 0 Å². The molecule has 0 saturated carbocycles. The molecule has 2 amide bonds. The summed E-state index contributed by atoms with van der Waals surface area (Å²) in [5.74, 6) is 1.20. The van der Waals surface area contributed by atoms with Gasteiger partial charge in [0.15, 0.2) is 17.2 Å². The molecule has 0 spiro atoms. The van der Waals surface area contributed by atoms with Crippen molar-refractivity contribution in [3.05, 3.63) is 59.5 Å². The number of fused-ring (bicyclic) bond motifs is 2. The Morgan fingerprint density at radius 3 is 2.77 bits per heavy atom. The SMILES string of the molecule is Cc1c(C(C)N(C)C(=O)/C=C/c2cnc3c(c2)OC(C)(C)C(=O)N3)oc2ccccc12. The van der Waals surface area contributed by atoms with E-state index in [0.717, 1.165) is 22.3 Å². The van der Waals surface area contributed by atoms with Gasteiger partial charge in [0.2, 0.25) is 5.91 Å². The second kappa shape index (κ2) is 7.58. The number of furan rings is 1. The van der Waals surface area contributed by atoms with Crippen LogP contribution >= 0.6 is 0 Å². The monoisotopic (exact) mass is 419 g/mol. The lowest BCUT2D eigenvalue weighted by atomic mass is 10.1. The Balaban J connectivity index is 1.51. The highest BCUT2D eigenvalue weighted by molar-refractivity contribution is 5.99. The molecule has 3 heterocycles. The summed E-state index contributed by atoms with van der Waals surface area (Å²) in [5, 5.41) is 3.78. The number of likely N-dealkylation sites (N-methyl/N-ethyl adjacent to an activating group) is 1. The van der Waals surface area contributed by atoms with Crippen molar-refractivity contribution < 1.29 is 18.7 Å². The van der Waals surface area contributed by atoms with Crippen LogP contribution in [-0.4, -0.2) is 34.3 Å². The summed E-state index contributed by atoms with van der Waals surface area (Å²) in [6.07, 6.45) is 4.75. The van der Waals surface area contributed by atoms with Crippen LogP contribution in [0.5, 0.6) is 5.75 Å². The van der Waals surface area contributed by atoms with Gasteiger partial charge in [-0.3, -0.25) is 9.59 Å². The average Bonchev–Trinajstić information content (AvgIpc) is 3.08. The Bertz CT molecular complexity index is 1210. The number of carbonyl (C=O) groups excluding carboxylic acids is 2. The molecule has 7 nitrogen and oxygen atoms in total. The number of nitrogens with one attached hydrogen (secondary N) is 1. The smallest absolute Gasteiger partial charge is 0.269 e. The molecule has 1 unspecified atom stereocenters. The van der Waals surface area contributed by atoms with Gasteiger partial charge in [-0.05, 0) is 51.5 Å². The van der Waals surface area contributed by atoms with E-state index in [9.17, 15) is 9.59 Å². The summed E-state index contributed by atoms with van der Waals surface area (Å²) in [4.78, 5) is 30.6. The number of hydrogen-bond donors (Lipinski definition) is 1. The summed E-state index contributed by atoms with van der Waals surface area (Å²) in [7, 11) is 1.75. The first kappa shape index (κ1) is 20.7. The number of amides is 2. The highest BCUT2D eigenvalue weighted by Crippen LogP contribution is 2.33. The first-order chi connectivity index (χ1) is 14.7. The highest BCUT2D eigenvalue weighted by atomic mass is 16.5. The first-order valence-electron chi connectivity index (χ1n) is 10.1. The van der Waals surface area contributed by atoms with Gasteiger partial charge in [-0.15, -0.1) is 0 Å². The predicted octanol–water partition coefficient (Wildman–Crippen LogP) is 4.48. The maximum atomic E-state index is 12.8. The van der Waals surface area contributed by atoms with E-state index < -0.39 is 5.60 Å². The zero-order chi connectivity index (χ0) is 22.3. The second-order valence-electron chi connectivity index (χ2n) is 8.23. The molecule has 0 radical (unpaired) electrons. The molecule has 2 aromatic heterocycles. The van der Waals surface area contributed by atoms with Gasteiger partial charge in [0, 0.05) is 30.3 Å². The highest BCUT2D eigenvalue weighted by Gasteiger charge is 2.36. The molecule has 31 heavy (non-hydrogen) atoms. The largest absolute Gasteiger partial charge is 0.474 e. The molecule has 0 fully saturated rings. The van der Waals surface area contributed by atoms with Crippen LogP contribution in [0.1, 0.15) is 43.7 Å². The minimum Gasteiger partial charge on any atom is -0.474 e. The number of benzene rings is 1. The van der Waals surface area contributed by atoms with Crippen molar-refractivity contribution in [3.8, 4) is 5.75 Å². The Hall–Kier alpha value is -3.61. The van der Waals surface area contributed by atoms with Crippen LogP contribution < -0.4 is 10.1 Å². The van der Waals surface area contributed by atoms with Gasteiger partial charge in [0.25, 0.3) is 5.91 Å². The molecule has 0 bridgehead atoms. The number of ether oxygens (including phenoxy) is 1. The fraction of sp³-hybridized carbons (Fsp3) is 0.292. The number of aryl methyl sites for hydroxylation is 1. The van der Waals surface area contributed by atoms with Gasteiger partial charge in [-0.1, -0.05) is 18.2 Å². The molecule has 1 aromatic carbocycles. The average molecular weight is 419 g/mol. The molecular weight excluding hydrogens is 394 g/mol. The topological polar surface area (TPSA) is 84.7 Å². The lowest BCUT2D eigenvalue weighted by molar-refractivity contribution is -0.129. The Labute approximate surface area is 180 Å². The lowest BCUT2D eigenvalue weighted by Gasteiger charge is -2.30. The van der Waals surface area contributed by atoms with Crippen LogP contribution in [0.15, 0.2) is 47.0 Å². The Morgan fingerprint density at radius 1 is 1.29 bits per heavy atom. The first-order valence-corrected chi connectivity index (χ1v) is 10.1. The number of hydrogen-bond acceptors (Lipinski definition) is 5. The quantitative estimate of drug-likeness (QED) is 0.631. The molecule has 3 aromatic rings. The third-order valence-corrected chi connectivity index (χ3v) is 5.62. The van der Waals surface area contributed by atoms with Crippen molar-refractivity contribution in [2.24, 2.45) is 0 Å². The van der Waals surface area contributed by atoms with Gasteiger partial charge in [-0.25, -0.2) is 4.98 Å². The molecule has 160 valence electrons. The summed E-state index contributed by atoms with van der Waals surface area (Å²) in [6.45, 7) is 7.32. The summed E-state index contributed by atoms with van der Waals surface area (Å²) < 4.78 is 11.8. The lowest BCUT2D eigenvalue weighted by Crippen LogP contribution is -2.46. The van der Waals surface area contributed by atoms with E-state index >= 15 is 0 Å². The number of anilines is 1. The van der Waals surface area contributed by atoms with E-state index in [1.807, 2.05) is 38.1 Å². The van der Waals surface area contributed by atoms with Gasteiger partial charge >= 0.3 is 0 Å². The van der Waals surface area contributed by atoms with Crippen LogP contribution in [0, 0.1) is 6.92 Å². The molecule has 1 aliphatic heterocycles. The fourth-order valence-corrected chi connectivity index (χ4v) is 3.55. The van der Waals surface area contributed by atoms with E-state index in [0.29, 0.717) is 17.1 Å². The minimum atomic E-state index is -0.979. The van der Waals surface area contributed by atoms with Crippen LogP contribution in [0.3, 0.4) is 0 Å². The van der Waals surface area contributed by atoms with Crippen molar-refractivity contribution >= 4 is 34.7 Å². The number of aromatic nitrogens is 1.